The molecule has 1 aliphatic carbocycles. The summed E-state index contributed by atoms with van der Waals surface area (Å²) < 4.78 is 0. The minimum atomic E-state index is 0.406. The maximum atomic E-state index is 4.64. The lowest BCUT2D eigenvalue weighted by Gasteiger charge is -2.42. The zero-order valence-corrected chi connectivity index (χ0v) is 13.5. The maximum absolute atomic E-state index is 4.64. The normalized spacial score (nSPS) is 27.2. The van der Waals surface area contributed by atoms with Gasteiger partial charge in [0.25, 0.3) is 0 Å². The number of fused-ring (bicyclic) bond motifs is 1. The van der Waals surface area contributed by atoms with E-state index < -0.39 is 0 Å². The number of hydrogen-bond donors (Lipinski definition) is 1. The van der Waals surface area contributed by atoms with Crippen LogP contribution >= 0.6 is 0 Å². The van der Waals surface area contributed by atoms with E-state index in [1.54, 1.807) is 0 Å². The summed E-state index contributed by atoms with van der Waals surface area (Å²) in [5.41, 5.74) is 1.35. The van der Waals surface area contributed by atoms with Crippen LogP contribution in [0.1, 0.15) is 57.6 Å². The Morgan fingerprint density at radius 1 is 1.29 bits per heavy atom. The van der Waals surface area contributed by atoms with Crippen LogP contribution < -0.4 is 10.2 Å². The molecular weight excluding hydrogens is 258 g/mol. The fourth-order valence-electron chi connectivity index (χ4n) is 4.11. The van der Waals surface area contributed by atoms with E-state index in [4.69, 9.17) is 0 Å². The molecule has 2 heterocycles. The largest absolute Gasteiger partial charge is 0.356 e. The molecule has 0 amide bonds. The molecule has 3 nitrogen and oxygen atoms in total. The Hall–Kier alpha value is -1.09. The number of rotatable bonds is 4. The minimum Gasteiger partial charge on any atom is -0.356 e. The van der Waals surface area contributed by atoms with Crippen molar-refractivity contribution in [2.75, 3.05) is 24.5 Å². The number of piperidine rings is 1. The molecule has 2 fully saturated rings. The number of nitrogens with zero attached hydrogens (tertiary/aromatic N) is 2. The van der Waals surface area contributed by atoms with Crippen LogP contribution in [0.25, 0.3) is 0 Å². The van der Waals surface area contributed by atoms with Gasteiger partial charge in [-0.2, -0.15) is 0 Å². The van der Waals surface area contributed by atoms with Gasteiger partial charge in [0.1, 0.15) is 5.82 Å². The van der Waals surface area contributed by atoms with Gasteiger partial charge in [0.05, 0.1) is 0 Å². The van der Waals surface area contributed by atoms with Crippen molar-refractivity contribution in [2.45, 2.75) is 52.0 Å². The monoisotopic (exact) mass is 287 g/mol. The molecule has 1 aliphatic heterocycles. The molecule has 3 heteroatoms. The Balaban J connectivity index is 1.70. The highest BCUT2D eigenvalue weighted by atomic mass is 15.2. The van der Waals surface area contributed by atoms with E-state index in [2.05, 4.69) is 41.2 Å². The summed E-state index contributed by atoms with van der Waals surface area (Å²) in [5, 5.41) is 3.49. The molecule has 1 aromatic rings. The number of aromatic nitrogens is 1. The van der Waals surface area contributed by atoms with E-state index in [-0.39, 0.29) is 0 Å². The second kappa shape index (κ2) is 6.78. The van der Waals surface area contributed by atoms with Crippen molar-refractivity contribution in [2.24, 2.45) is 11.8 Å². The van der Waals surface area contributed by atoms with Gasteiger partial charge in [-0.05, 0) is 55.8 Å². The van der Waals surface area contributed by atoms with Gasteiger partial charge in [0.15, 0.2) is 0 Å². The van der Waals surface area contributed by atoms with Crippen molar-refractivity contribution in [1.82, 2.24) is 10.3 Å². The van der Waals surface area contributed by atoms with Gasteiger partial charge in [-0.25, -0.2) is 4.98 Å². The van der Waals surface area contributed by atoms with Crippen molar-refractivity contribution < 1.29 is 0 Å². The first kappa shape index (κ1) is 14.8. The van der Waals surface area contributed by atoms with Crippen LogP contribution in [0.5, 0.6) is 0 Å². The molecule has 3 atom stereocenters. The smallest absolute Gasteiger partial charge is 0.128 e. The molecule has 3 unspecified atom stereocenters. The van der Waals surface area contributed by atoms with E-state index in [1.807, 2.05) is 6.20 Å². The van der Waals surface area contributed by atoms with Crippen LogP contribution in [0, 0.1) is 11.8 Å². The molecule has 116 valence electrons. The lowest BCUT2D eigenvalue weighted by molar-refractivity contribution is 0.202. The van der Waals surface area contributed by atoms with E-state index >= 15 is 0 Å². The van der Waals surface area contributed by atoms with Crippen LogP contribution in [0.2, 0.25) is 0 Å². The summed E-state index contributed by atoms with van der Waals surface area (Å²) in [5.74, 6) is 3.07. The van der Waals surface area contributed by atoms with Gasteiger partial charge in [-0.3, -0.25) is 0 Å². The summed E-state index contributed by atoms with van der Waals surface area (Å²) in [4.78, 5) is 7.16. The van der Waals surface area contributed by atoms with Crippen LogP contribution in [-0.2, 0) is 0 Å². The molecule has 1 saturated carbocycles. The summed E-state index contributed by atoms with van der Waals surface area (Å²) in [6, 6.07) is 4.84. The summed E-state index contributed by atoms with van der Waals surface area (Å²) in [6.45, 7) is 7.80. The molecule has 3 rings (SSSR count). The third-order valence-corrected chi connectivity index (χ3v) is 5.40. The van der Waals surface area contributed by atoms with Crippen LogP contribution in [0.15, 0.2) is 18.3 Å². The van der Waals surface area contributed by atoms with E-state index in [0.29, 0.717) is 6.04 Å². The summed E-state index contributed by atoms with van der Waals surface area (Å²) in [7, 11) is 0. The van der Waals surface area contributed by atoms with Crippen LogP contribution in [-0.4, -0.2) is 24.6 Å². The molecule has 1 N–H and O–H groups in total. The predicted molar refractivity (Wildman–Crippen MR) is 88.6 cm³/mol. The Morgan fingerprint density at radius 3 is 2.90 bits per heavy atom. The van der Waals surface area contributed by atoms with E-state index in [0.717, 1.165) is 18.4 Å². The topological polar surface area (TPSA) is 28.2 Å². The molecule has 0 aromatic carbocycles. The summed E-state index contributed by atoms with van der Waals surface area (Å²) in [6.07, 6.45) is 9.11. The molecule has 1 aromatic heterocycles. The average molecular weight is 287 g/mol. The van der Waals surface area contributed by atoms with E-state index in [1.165, 1.54) is 56.6 Å². The second-order valence-electron chi connectivity index (χ2n) is 6.77. The maximum Gasteiger partial charge on any atom is 0.128 e. The van der Waals surface area contributed by atoms with Gasteiger partial charge < -0.3 is 10.2 Å². The standard InChI is InChI=1S/C18H29N3/c1-3-19-14(2)16-8-10-20-18(12-16)21-11-9-15-6-4-5-7-17(15)13-21/h8,10,12,14-15,17,19H,3-7,9,11,13H2,1-2H3. The minimum absolute atomic E-state index is 0.406. The van der Waals surface area contributed by atoms with Crippen molar-refractivity contribution in [3.8, 4) is 0 Å². The number of pyridine rings is 1. The molecule has 0 radical (unpaired) electrons. The Morgan fingerprint density at radius 2 is 2.10 bits per heavy atom. The zero-order valence-electron chi connectivity index (χ0n) is 13.5. The van der Waals surface area contributed by atoms with Crippen molar-refractivity contribution in [1.29, 1.82) is 0 Å². The lowest BCUT2D eigenvalue weighted by Crippen LogP contribution is -2.42. The molecular formula is C18H29N3. The molecule has 21 heavy (non-hydrogen) atoms. The highest BCUT2D eigenvalue weighted by Crippen LogP contribution is 2.37. The molecule has 0 spiro atoms. The Labute approximate surface area is 129 Å². The fraction of sp³-hybridized carbons (Fsp3) is 0.722. The van der Waals surface area contributed by atoms with Gasteiger partial charge >= 0.3 is 0 Å². The molecule has 1 saturated heterocycles. The van der Waals surface area contributed by atoms with Crippen LogP contribution in [0.3, 0.4) is 0 Å². The quantitative estimate of drug-likeness (QED) is 0.913. The number of nitrogens with one attached hydrogen (secondary N) is 1. The third-order valence-electron chi connectivity index (χ3n) is 5.40. The van der Waals surface area contributed by atoms with E-state index in [9.17, 15) is 0 Å². The van der Waals surface area contributed by atoms with Gasteiger partial charge in [-0.15, -0.1) is 0 Å². The van der Waals surface area contributed by atoms with Gasteiger partial charge in [-0.1, -0.05) is 26.2 Å². The second-order valence-corrected chi connectivity index (χ2v) is 6.77. The SMILES string of the molecule is CCNC(C)c1ccnc(N2CCC3CCCCC3C2)c1. The van der Waals surface area contributed by atoms with Crippen molar-refractivity contribution in [3.05, 3.63) is 23.9 Å². The van der Waals surface area contributed by atoms with Crippen molar-refractivity contribution in [3.63, 3.8) is 0 Å². The Kier molecular flexibility index (Phi) is 4.79. The first-order valence-corrected chi connectivity index (χ1v) is 8.72. The summed E-state index contributed by atoms with van der Waals surface area (Å²) >= 11 is 0. The first-order valence-electron chi connectivity index (χ1n) is 8.72. The molecule has 0 bridgehead atoms. The zero-order chi connectivity index (χ0) is 14.7. The lowest BCUT2D eigenvalue weighted by atomic mass is 9.75. The van der Waals surface area contributed by atoms with Crippen molar-refractivity contribution >= 4 is 5.82 Å². The number of anilines is 1. The molecule has 2 aliphatic rings. The fourth-order valence-corrected chi connectivity index (χ4v) is 4.11. The number of hydrogen-bond acceptors (Lipinski definition) is 3. The average Bonchev–Trinajstić information content (AvgIpc) is 2.55. The highest BCUT2D eigenvalue weighted by molar-refractivity contribution is 5.42. The van der Waals surface area contributed by atoms with Crippen LogP contribution in [0.4, 0.5) is 5.82 Å². The first-order chi connectivity index (χ1) is 10.3. The highest BCUT2D eigenvalue weighted by Gasteiger charge is 2.31. The van der Waals surface area contributed by atoms with Gasteiger partial charge in [0.2, 0.25) is 0 Å². The van der Waals surface area contributed by atoms with Gasteiger partial charge in [0, 0.05) is 25.3 Å². The third kappa shape index (κ3) is 3.39. The predicted octanol–water partition coefficient (Wildman–Crippen LogP) is 3.77. The Bertz CT molecular complexity index is 460.